The van der Waals surface area contributed by atoms with Crippen molar-refractivity contribution in [3.63, 3.8) is 0 Å². The molecule has 3 rings (SSSR count). The molecule has 0 radical (unpaired) electrons. The lowest BCUT2D eigenvalue weighted by Gasteiger charge is -2.09. The quantitative estimate of drug-likeness (QED) is 0.746. The fourth-order valence-corrected chi connectivity index (χ4v) is 2.47. The second-order valence-corrected chi connectivity index (χ2v) is 5.22. The van der Waals surface area contributed by atoms with Gasteiger partial charge in [0.25, 0.3) is 0 Å². The van der Waals surface area contributed by atoms with Gasteiger partial charge in [-0.05, 0) is 31.2 Å². The summed E-state index contributed by atoms with van der Waals surface area (Å²) < 4.78 is 8.22. The number of aryl methyl sites for hydroxylation is 1. The fourth-order valence-electron chi connectivity index (χ4n) is 2.47. The lowest BCUT2D eigenvalue weighted by atomic mass is 10.2. The third-order valence-electron chi connectivity index (χ3n) is 3.68. The van der Waals surface area contributed by atoms with Gasteiger partial charge in [0.05, 0.1) is 30.4 Å². The van der Waals surface area contributed by atoms with Gasteiger partial charge in [-0.15, -0.1) is 0 Å². The smallest absolute Gasteiger partial charge is 0.357 e. The summed E-state index contributed by atoms with van der Waals surface area (Å²) in [5.74, 6) is -0.594. The molecule has 2 heterocycles. The monoisotopic (exact) mass is 321 g/mol. The lowest BCUT2D eigenvalue weighted by Crippen LogP contribution is -2.11. The molecule has 7 nitrogen and oxygen atoms in total. The molecule has 0 aliphatic rings. The van der Waals surface area contributed by atoms with E-state index in [1.165, 1.54) is 13.3 Å². The van der Waals surface area contributed by atoms with E-state index in [0.29, 0.717) is 5.69 Å². The van der Waals surface area contributed by atoms with E-state index in [2.05, 4.69) is 4.98 Å². The summed E-state index contributed by atoms with van der Waals surface area (Å²) in [6.45, 7) is 1.92. The molecule has 0 aliphatic carbocycles. The molecule has 0 unspecified atom stereocenters. The number of nitriles is 1. The summed E-state index contributed by atoms with van der Waals surface area (Å²) >= 11 is 0. The number of hydrogen-bond donors (Lipinski definition) is 1. The maximum Gasteiger partial charge on any atom is 0.357 e. The highest BCUT2D eigenvalue weighted by Gasteiger charge is 2.21. The third kappa shape index (κ3) is 2.50. The second-order valence-electron chi connectivity index (χ2n) is 5.22. The van der Waals surface area contributed by atoms with E-state index in [-0.39, 0.29) is 16.9 Å². The van der Waals surface area contributed by atoms with Gasteiger partial charge >= 0.3 is 5.97 Å². The number of benzene rings is 1. The molecular formula is C17H15N5O2. The Morgan fingerprint density at radius 2 is 1.92 bits per heavy atom. The van der Waals surface area contributed by atoms with Crippen molar-refractivity contribution in [3.8, 4) is 17.4 Å². The van der Waals surface area contributed by atoms with E-state index < -0.39 is 5.97 Å². The number of carbonyl (C=O) groups is 1. The zero-order chi connectivity index (χ0) is 17.3. The number of nitrogens with zero attached hydrogens (tertiary/aromatic N) is 4. The van der Waals surface area contributed by atoms with E-state index in [1.54, 1.807) is 10.9 Å². The summed E-state index contributed by atoms with van der Waals surface area (Å²) in [7, 11) is 1.27. The largest absolute Gasteiger partial charge is 0.464 e. The minimum absolute atomic E-state index is 0.110. The first-order chi connectivity index (χ1) is 11.5. The number of carbonyl (C=O) groups excluding carboxylic acids is 1. The van der Waals surface area contributed by atoms with Crippen LogP contribution in [0.4, 0.5) is 5.69 Å². The van der Waals surface area contributed by atoms with Crippen molar-refractivity contribution in [2.24, 2.45) is 0 Å². The molecule has 1 aromatic carbocycles. The van der Waals surface area contributed by atoms with Crippen molar-refractivity contribution < 1.29 is 9.53 Å². The van der Waals surface area contributed by atoms with Crippen LogP contribution in [0, 0.1) is 18.3 Å². The molecule has 120 valence electrons. The molecule has 0 saturated heterocycles. The molecule has 0 bridgehead atoms. The summed E-state index contributed by atoms with van der Waals surface area (Å²) in [5.41, 5.74) is 8.92. The third-order valence-corrected chi connectivity index (χ3v) is 3.68. The molecule has 0 fully saturated rings. The van der Waals surface area contributed by atoms with Crippen LogP contribution in [0.2, 0.25) is 0 Å². The molecular weight excluding hydrogens is 306 g/mol. The molecule has 0 atom stereocenters. The molecule has 0 amide bonds. The number of esters is 1. The number of ether oxygens (including phenoxy) is 1. The standard InChI is InChI=1S/C17H15N5O2/c1-11-8-21(10-20-11)13-3-5-14(6-4-13)22-9-12(7-18)15(19)16(22)17(23)24-2/h3-6,8-10H,19H2,1-2H3. The Morgan fingerprint density at radius 1 is 1.25 bits per heavy atom. The topological polar surface area (TPSA) is 98.9 Å². The Morgan fingerprint density at radius 3 is 2.46 bits per heavy atom. The van der Waals surface area contributed by atoms with Gasteiger partial charge in [-0.2, -0.15) is 5.26 Å². The molecule has 0 spiro atoms. The van der Waals surface area contributed by atoms with Crippen molar-refractivity contribution in [1.29, 1.82) is 5.26 Å². The van der Waals surface area contributed by atoms with Crippen LogP contribution in [0.5, 0.6) is 0 Å². The van der Waals surface area contributed by atoms with Crippen LogP contribution < -0.4 is 5.73 Å². The molecule has 0 aliphatic heterocycles. The highest BCUT2D eigenvalue weighted by molar-refractivity contribution is 5.95. The molecule has 0 saturated carbocycles. The minimum Gasteiger partial charge on any atom is -0.464 e. The Labute approximate surface area is 138 Å². The van der Waals surface area contributed by atoms with Gasteiger partial charge in [0.15, 0.2) is 5.69 Å². The summed E-state index contributed by atoms with van der Waals surface area (Å²) in [6.07, 6.45) is 5.17. The normalized spacial score (nSPS) is 10.4. The Hall–Kier alpha value is -3.53. The van der Waals surface area contributed by atoms with E-state index in [1.807, 2.05) is 48.0 Å². The second kappa shape index (κ2) is 5.93. The predicted molar refractivity (Wildman–Crippen MR) is 88.1 cm³/mol. The van der Waals surface area contributed by atoms with Gasteiger partial charge in [0.2, 0.25) is 0 Å². The number of rotatable bonds is 3. The van der Waals surface area contributed by atoms with Gasteiger partial charge in [-0.3, -0.25) is 0 Å². The number of anilines is 1. The van der Waals surface area contributed by atoms with E-state index >= 15 is 0 Å². The van der Waals surface area contributed by atoms with Crippen molar-refractivity contribution in [3.05, 3.63) is 59.9 Å². The maximum absolute atomic E-state index is 12.0. The predicted octanol–water partition coefficient (Wildman–Crippen LogP) is 2.21. The number of imidazole rings is 1. The highest BCUT2D eigenvalue weighted by atomic mass is 16.5. The Kier molecular flexibility index (Phi) is 3.80. The average molecular weight is 321 g/mol. The molecule has 2 aromatic heterocycles. The number of aromatic nitrogens is 3. The fraction of sp³-hybridized carbons (Fsp3) is 0.118. The molecule has 7 heteroatoms. The first-order valence-electron chi connectivity index (χ1n) is 7.15. The van der Waals surface area contributed by atoms with E-state index in [9.17, 15) is 4.79 Å². The molecule has 2 N–H and O–H groups in total. The number of nitrogens with two attached hydrogens (primary N) is 1. The maximum atomic E-state index is 12.0. The average Bonchev–Trinajstić information content (AvgIpc) is 3.17. The van der Waals surface area contributed by atoms with Gasteiger partial charge in [-0.25, -0.2) is 9.78 Å². The van der Waals surface area contributed by atoms with Gasteiger partial charge in [-0.1, -0.05) is 0 Å². The van der Waals surface area contributed by atoms with E-state index in [0.717, 1.165) is 11.4 Å². The van der Waals surface area contributed by atoms with Crippen LogP contribution in [-0.2, 0) is 4.74 Å². The lowest BCUT2D eigenvalue weighted by molar-refractivity contribution is 0.0593. The van der Waals surface area contributed by atoms with Crippen molar-refractivity contribution >= 4 is 11.7 Å². The van der Waals surface area contributed by atoms with Crippen molar-refractivity contribution in [2.45, 2.75) is 6.92 Å². The SMILES string of the molecule is COC(=O)c1c(N)c(C#N)cn1-c1ccc(-n2cnc(C)c2)cc1. The van der Waals surface area contributed by atoms with Crippen LogP contribution in [0.15, 0.2) is 43.0 Å². The van der Waals surface area contributed by atoms with Crippen molar-refractivity contribution in [1.82, 2.24) is 14.1 Å². The number of nitrogen functional groups attached to an aromatic ring is 1. The van der Waals surface area contributed by atoms with Crippen LogP contribution in [0.1, 0.15) is 21.7 Å². The zero-order valence-corrected chi connectivity index (χ0v) is 13.2. The minimum atomic E-state index is -0.594. The van der Waals surface area contributed by atoms with Crippen LogP contribution >= 0.6 is 0 Å². The summed E-state index contributed by atoms with van der Waals surface area (Å²) in [6, 6.07) is 9.42. The van der Waals surface area contributed by atoms with Crippen LogP contribution in [0.25, 0.3) is 11.4 Å². The van der Waals surface area contributed by atoms with Gasteiger partial charge < -0.3 is 19.6 Å². The summed E-state index contributed by atoms with van der Waals surface area (Å²) in [5, 5.41) is 9.15. The Balaban J connectivity index is 2.06. The van der Waals surface area contributed by atoms with Crippen LogP contribution in [0.3, 0.4) is 0 Å². The summed E-state index contributed by atoms with van der Waals surface area (Å²) in [4.78, 5) is 16.2. The number of hydrogen-bond acceptors (Lipinski definition) is 5. The first-order valence-corrected chi connectivity index (χ1v) is 7.15. The first kappa shape index (κ1) is 15.4. The van der Waals surface area contributed by atoms with Crippen LogP contribution in [-0.4, -0.2) is 27.2 Å². The number of methoxy groups -OCH3 is 1. The van der Waals surface area contributed by atoms with E-state index in [4.69, 9.17) is 15.7 Å². The zero-order valence-electron chi connectivity index (χ0n) is 13.2. The molecule has 24 heavy (non-hydrogen) atoms. The van der Waals surface area contributed by atoms with Gasteiger partial charge in [0.1, 0.15) is 6.07 Å². The Bertz CT molecular complexity index is 945. The van der Waals surface area contributed by atoms with Gasteiger partial charge in [0, 0.05) is 23.8 Å². The van der Waals surface area contributed by atoms with Crippen molar-refractivity contribution in [2.75, 3.05) is 12.8 Å². The highest BCUT2D eigenvalue weighted by Crippen LogP contribution is 2.25. The molecule has 3 aromatic rings.